The first-order chi connectivity index (χ1) is 30.8. The average molecular weight is 1070 g/mol. The molecule has 0 saturated heterocycles. The number of hydrogen-bond donors (Lipinski definition) is 7. The Morgan fingerprint density at radius 3 is 1.29 bits per heavy atom. The smallest absolute Gasteiger partial charge is 0.744 e. The monoisotopic (exact) mass is 1070 g/mol. The maximum absolute atomic E-state index is 12.6. The van der Waals surface area contributed by atoms with Crippen molar-refractivity contribution in [1.29, 1.82) is 0 Å². The minimum absolute atomic E-state index is 0. The summed E-state index contributed by atoms with van der Waals surface area (Å²) in [5.74, 6) is -0.922. The van der Waals surface area contributed by atoms with Gasteiger partial charge < -0.3 is 65.1 Å². The molecule has 0 aliphatic carbocycles. The van der Waals surface area contributed by atoms with E-state index in [0.29, 0.717) is 0 Å². The maximum Gasteiger partial charge on any atom is 1.00 e. The van der Waals surface area contributed by atoms with Gasteiger partial charge in [-0.15, -0.1) is 0 Å². The number of rotatable bonds is 24. The Morgan fingerprint density at radius 2 is 0.913 bits per heavy atom. The van der Waals surface area contributed by atoms with Gasteiger partial charge in [0.25, 0.3) is 0 Å². The van der Waals surface area contributed by atoms with Crippen molar-refractivity contribution in [3.8, 4) is 0 Å². The van der Waals surface area contributed by atoms with Gasteiger partial charge in [-0.3, -0.25) is 5.04 Å². The Hall–Kier alpha value is -1.78. The number of anilines is 8. The van der Waals surface area contributed by atoms with Gasteiger partial charge in [-0.25, -0.2) is 25.3 Å². The Labute approximate surface area is 487 Å². The molecule has 0 bridgehead atoms. The fraction of sp³-hybridized carbons (Fsp3) is 0.235. The normalized spacial score (nSPS) is 11.4. The van der Waals surface area contributed by atoms with E-state index in [1.807, 2.05) is 0 Å². The molecule has 5 rings (SSSR count). The third-order valence-corrected chi connectivity index (χ3v) is 11.4. The quantitative estimate of drug-likeness (QED) is 0.00753. The molecule has 0 spiro atoms. The summed E-state index contributed by atoms with van der Waals surface area (Å²) in [6, 6.07) is 11.4. The summed E-state index contributed by atoms with van der Waals surface area (Å²) >= 11 is 0.275. The summed E-state index contributed by atoms with van der Waals surface area (Å²) in [5.41, 5.74) is -0.404. The molecule has 0 radical (unpaired) electrons. The van der Waals surface area contributed by atoms with Crippen molar-refractivity contribution >= 4 is 101 Å². The summed E-state index contributed by atoms with van der Waals surface area (Å²) < 4.78 is 114. The Morgan fingerprint density at radius 1 is 0.536 bits per heavy atom. The number of aliphatic hydroxyl groups excluding tert-OH is 4. The van der Waals surface area contributed by atoms with Gasteiger partial charge in [-0.05, 0) is 59.7 Å². The first-order valence-electron chi connectivity index (χ1n) is 18.2. The van der Waals surface area contributed by atoms with Crippen LogP contribution in [0.4, 0.5) is 46.8 Å². The summed E-state index contributed by atoms with van der Waals surface area (Å²) in [7, 11) is -15.3. The van der Waals surface area contributed by atoms with Gasteiger partial charge in [0.15, 0.2) is 0 Å². The van der Waals surface area contributed by atoms with Crippen LogP contribution in [0.2, 0.25) is 0 Å². The predicted molar refractivity (Wildman–Crippen MR) is 222 cm³/mol. The SMILES string of the molecule is O=S(=O)([O-])c1ccc(Nc2nc(Nc3ccc(C=Cc4ccc(Nc5nc(SOO[O-])nc(N(CCO)CCO)n5)cc4S(=O)(=O)[O-])c(S(=O)(=O)[O-])c3)nc(N(CCO)CCO)n2)cc1.[Na+].[Na+].[Na+].[Na+]. The number of aliphatic hydroxyl groups is 4. The van der Waals surface area contributed by atoms with Gasteiger partial charge >= 0.3 is 118 Å². The van der Waals surface area contributed by atoms with Crippen LogP contribution in [-0.2, 0) is 39.7 Å². The summed E-state index contributed by atoms with van der Waals surface area (Å²) in [4.78, 5) is 25.6. The number of hydrogen-bond acceptors (Lipinski definition) is 28. The molecule has 2 aromatic heterocycles. The second-order valence-corrected chi connectivity index (χ2v) is 17.5. The van der Waals surface area contributed by atoms with Crippen LogP contribution in [0.15, 0.2) is 80.5 Å². The summed E-state index contributed by atoms with van der Waals surface area (Å²) in [5, 5.41) is 59.8. The van der Waals surface area contributed by atoms with Crippen molar-refractivity contribution in [3.63, 3.8) is 0 Å². The van der Waals surface area contributed by atoms with Crippen LogP contribution >= 0.6 is 12.0 Å². The molecule has 0 unspecified atom stereocenters. The molecule has 0 aliphatic heterocycles. The first kappa shape index (κ1) is 65.2. The van der Waals surface area contributed by atoms with E-state index < -0.39 is 45.0 Å². The van der Waals surface area contributed by atoms with Gasteiger partial charge in [0.1, 0.15) is 42.4 Å². The maximum atomic E-state index is 12.6. The van der Waals surface area contributed by atoms with Crippen molar-refractivity contribution in [2.45, 2.75) is 19.8 Å². The van der Waals surface area contributed by atoms with Gasteiger partial charge in [-0.1, -0.05) is 24.3 Å². The fourth-order valence-electron chi connectivity index (χ4n) is 5.55. The zero-order valence-corrected chi connectivity index (χ0v) is 48.2. The molecule has 3 aromatic carbocycles. The molecule has 7 N–H and O–H groups in total. The number of benzene rings is 3. The second kappa shape index (κ2) is 30.4. The minimum atomic E-state index is -5.27. The van der Waals surface area contributed by atoms with Crippen LogP contribution in [-0.4, -0.2) is 142 Å². The standard InChI is InChI=1S/C34H39N11O16S4.4Na/c46-15-11-44(12-16-47)32-39-29(35-23-7-9-26(10-8-23)63(51,52)53)38-30(40-32)36-24-5-3-21(27(19-24)64(54,55)56)1-2-22-4-6-25(20-28(22)65(57,58)59)37-31-41-33(45(13-17-48)14-18-49)43-34(42-31)62-61-60-50;;;;/h1-10,19-20,46-50H,11-18H2,(H,51,52,53)(H,54,55,56)(H,57,58,59)(H,37,41,42,43)(H2,35,36,38,39,40);;;;/q;4*+1/p-4. The van der Waals surface area contributed by atoms with Crippen molar-refractivity contribution < 1.29 is 192 Å². The zero-order chi connectivity index (χ0) is 47.4. The topological polar surface area (TPSA) is 414 Å². The molecule has 0 atom stereocenters. The molecule has 69 heavy (non-hydrogen) atoms. The van der Waals surface area contributed by atoms with E-state index in [2.05, 4.69) is 55.2 Å². The Bertz CT molecular complexity index is 2820. The molecule has 0 saturated carbocycles. The van der Waals surface area contributed by atoms with Crippen molar-refractivity contribution in [3.05, 3.63) is 71.8 Å². The third kappa shape index (κ3) is 19.9. The van der Waals surface area contributed by atoms with E-state index in [9.17, 15) is 64.6 Å². The largest absolute Gasteiger partial charge is 1.00 e. The molecule has 0 aliphatic rings. The molecule has 350 valence electrons. The van der Waals surface area contributed by atoms with Gasteiger partial charge in [0, 0.05) is 43.2 Å². The first-order valence-corrected chi connectivity index (χ1v) is 23.2. The average Bonchev–Trinajstić information content (AvgIpc) is 3.24. The second-order valence-electron chi connectivity index (χ2n) is 12.7. The molecular weight excluding hydrogens is 1040 g/mol. The molecule has 0 amide bonds. The van der Waals surface area contributed by atoms with E-state index in [4.69, 9.17) is 0 Å². The Kier molecular flexibility index (Phi) is 28.8. The molecular formula is C34H35N11Na4O16S4. The summed E-state index contributed by atoms with van der Waals surface area (Å²) in [6.07, 6.45) is 2.13. The summed E-state index contributed by atoms with van der Waals surface area (Å²) in [6.45, 7) is -1.71. The van der Waals surface area contributed by atoms with Crippen LogP contribution in [0.5, 0.6) is 0 Å². The third-order valence-electron chi connectivity index (χ3n) is 8.33. The van der Waals surface area contributed by atoms with Crippen molar-refractivity contribution in [2.24, 2.45) is 0 Å². The van der Waals surface area contributed by atoms with E-state index >= 15 is 0 Å². The van der Waals surface area contributed by atoms with Crippen LogP contribution < -0.4 is 149 Å². The van der Waals surface area contributed by atoms with Crippen LogP contribution in [0.25, 0.3) is 12.2 Å². The zero-order valence-electron chi connectivity index (χ0n) is 37.0. The van der Waals surface area contributed by atoms with Crippen molar-refractivity contribution in [2.75, 3.05) is 78.4 Å². The van der Waals surface area contributed by atoms with E-state index in [1.54, 1.807) is 0 Å². The van der Waals surface area contributed by atoms with Crippen LogP contribution in [0.1, 0.15) is 11.1 Å². The predicted octanol–water partition coefficient (Wildman–Crippen LogP) is -13.0. The van der Waals surface area contributed by atoms with Gasteiger partial charge in [0.2, 0.25) is 34.9 Å². The van der Waals surface area contributed by atoms with E-state index in [1.165, 1.54) is 46.2 Å². The fourth-order valence-corrected chi connectivity index (χ4v) is 7.75. The van der Waals surface area contributed by atoms with E-state index in [-0.39, 0.29) is 246 Å². The molecule has 27 nitrogen and oxygen atoms in total. The van der Waals surface area contributed by atoms with E-state index in [0.717, 1.165) is 36.4 Å². The van der Waals surface area contributed by atoms with Crippen molar-refractivity contribution in [1.82, 2.24) is 29.9 Å². The molecule has 5 aromatic rings. The molecule has 0 fully saturated rings. The molecule has 2 heterocycles. The number of aromatic nitrogens is 6. The number of nitrogens with one attached hydrogen (secondary N) is 3. The number of nitrogens with zero attached hydrogens (tertiary/aromatic N) is 8. The molecule has 35 heteroatoms. The van der Waals surface area contributed by atoms with Crippen LogP contribution in [0.3, 0.4) is 0 Å². The Balaban J connectivity index is 0.00000595. The van der Waals surface area contributed by atoms with Crippen LogP contribution in [0, 0.1) is 0 Å². The van der Waals surface area contributed by atoms with Gasteiger partial charge in [-0.2, -0.15) is 34.2 Å². The van der Waals surface area contributed by atoms with Gasteiger partial charge in [0.05, 0.1) is 41.1 Å². The minimum Gasteiger partial charge on any atom is -0.744 e.